The van der Waals surface area contributed by atoms with Gasteiger partial charge in [-0.1, -0.05) is 55.8 Å². The molecule has 0 spiro atoms. The van der Waals surface area contributed by atoms with E-state index in [0.717, 1.165) is 16.9 Å². The first-order valence-electron chi connectivity index (χ1n) is 9.73. The number of carbonyl (C=O) groups is 1. The summed E-state index contributed by atoms with van der Waals surface area (Å²) < 4.78 is 1.72. The van der Waals surface area contributed by atoms with Crippen LogP contribution in [-0.4, -0.2) is 26.9 Å². The van der Waals surface area contributed by atoms with E-state index >= 15 is 0 Å². The van der Waals surface area contributed by atoms with Gasteiger partial charge in [-0.05, 0) is 29.7 Å². The lowest BCUT2D eigenvalue weighted by atomic mass is 9.77. The molecule has 5 nitrogen and oxygen atoms in total. The van der Waals surface area contributed by atoms with E-state index in [4.69, 9.17) is 16.7 Å². The fraction of sp³-hybridized carbons (Fsp3) is 0.208. The number of nitrogens with zero attached hydrogens (tertiary/aromatic N) is 3. The maximum atomic E-state index is 12.5. The first kappa shape index (κ1) is 20.1. The Morgan fingerprint density at radius 2 is 1.80 bits per heavy atom. The van der Waals surface area contributed by atoms with Crippen molar-refractivity contribution in [1.29, 1.82) is 0 Å². The van der Waals surface area contributed by atoms with Gasteiger partial charge in [-0.2, -0.15) is 5.10 Å². The van der Waals surface area contributed by atoms with Gasteiger partial charge in [-0.25, -0.2) is 9.67 Å². The van der Waals surface area contributed by atoms with Crippen molar-refractivity contribution < 1.29 is 9.90 Å². The Kier molecular flexibility index (Phi) is 5.31. The predicted molar refractivity (Wildman–Crippen MR) is 120 cm³/mol. The van der Waals surface area contributed by atoms with Crippen LogP contribution < -0.4 is 0 Å². The Labute approximate surface area is 180 Å². The van der Waals surface area contributed by atoms with E-state index < -0.39 is 0 Å². The number of ketones is 1. The molecule has 0 atom stereocenters. The van der Waals surface area contributed by atoms with Crippen LogP contribution in [0, 0.1) is 5.41 Å². The van der Waals surface area contributed by atoms with E-state index in [0.29, 0.717) is 23.7 Å². The van der Waals surface area contributed by atoms with E-state index in [9.17, 15) is 9.90 Å². The van der Waals surface area contributed by atoms with Gasteiger partial charge in [0.25, 0.3) is 0 Å². The molecule has 30 heavy (non-hydrogen) atoms. The summed E-state index contributed by atoms with van der Waals surface area (Å²) in [5.74, 6) is 0.545. The number of Topliss-reactive ketones (excluding diaryl/α,β-unsaturated/α-hetero) is 1. The zero-order valence-corrected chi connectivity index (χ0v) is 17.6. The summed E-state index contributed by atoms with van der Waals surface area (Å²) in [6.45, 7) is 3.94. The second kappa shape index (κ2) is 7.92. The van der Waals surface area contributed by atoms with Crippen LogP contribution in [0.1, 0.15) is 26.7 Å². The summed E-state index contributed by atoms with van der Waals surface area (Å²) in [6.07, 6.45) is 2.29. The molecule has 3 aromatic rings. The topological polar surface area (TPSA) is 67.5 Å². The number of carbonyl (C=O) groups excluding carboxylic acids is 1. The third-order valence-corrected chi connectivity index (χ3v) is 5.31. The molecule has 0 unspecified atom stereocenters. The minimum absolute atomic E-state index is 0.0868. The van der Waals surface area contributed by atoms with Gasteiger partial charge in [-0.3, -0.25) is 4.79 Å². The molecule has 0 amide bonds. The lowest BCUT2D eigenvalue weighted by molar-refractivity contribution is -0.117. The fourth-order valence-corrected chi connectivity index (χ4v) is 3.69. The summed E-state index contributed by atoms with van der Waals surface area (Å²) in [5.41, 5.74) is 2.51. The highest BCUT2D eigenvalue weighted by atomic mass is 35.5. The molecule has 2 aromatic carbocycles. The number of rotatable bonds is 4. The quantitative estimate of drug-likeness (QED) is 0.520. The number of hydrogen-bond donors (Lipinski definition) is 1. The Morgan fingerprint density at radius 3 is 2.47 bits per heavy atom. The van der Waals surface area contributed by atoms with Crippen molar-refractivity contribution in [2.75, 3.05) is 0 Å². The van der Waals surface area contributed by atoms with Crippen molar-refractivity contribution in [2.45, 2.75) is 26.7 Å². The van der Waals surface area contributed by atoms with E-state index in [1.807, 2.05) is 74.5 Å². The maximum Gasteiger partial charge on any atom is 0.168 e. The highest BCUT2D eigenvalue weighted by Crippen LogP contribution is 2.35. The van der Waals surface area contributed by atoms with Crippen LogP contribution in [0.2, 0.25) is 5.02 Å². The highest BCUT2D eigenvalue weighted by Gasteiger charge is 2.32. The Balaban J connectivity index is 1.76. The molecule has 0 radical (unpaired) electrons. The van der Waals surface area contributed by atoms with Gasteiger partial charge in [0.15, 0.2) is 11.6 Å². The molecule has 0 aliphatic heterocycles. The van der Waals surface area contributed by atoms with E-state index in [-0.39, 0.29) is 22.5 Å². The van der Waals surface area contributed by atoms with Crippen LogP contribution in [0.25, 0.3) is 16.9 Å². The van der Waals surface area contributed by atoms with Crippen LogP contribution in [-0.2, 0) is 4.79 Å². The standard InChI is InChI=1S/C24H22ClN3O2/c1-24(2)13-21(29)19(22(30)14-24)15-26-23-12-20(16-8-10-17(25)11-9-16)27-28(23)18-6-4-3-5-7-18/h3-12,15,29H,13-14H2,1-2H3. The molecule has 152 valence electrons. The zero-order valence-electron chi connectivity index (χ0n) is 16.8. The number of hydrogen-bond acceptors (Lipinski definition) is 4. The largest absolute Gasteiger partial charge is 0.511 e. The van der Waals surface area contributed by atoms with Crippen LogP contribution in [0.5, 0.6) is 0 Å². The van der Waals surface area contributed by atoms with Gasteiger partial charge in [0.1, 0.15) is 5.76 Å². The lowest BCUT2D eigenvalue weighted by Gasteiger charge is -2.28. The smallest absolute Gasteiger partial charge is 0.168 e. The molecule has 1 aliphatic carbocycles. The molecule has 4 rings (SSSR count). The van der Waals surface area contributed by atoms with Crippen molar-refractivity contribution in [1.82, 2.24) is 9.78 Å². The van der Waals surface area contributed by atoms with Crippen molar-refractivity contribution in [3.63, 3.8) is 0 Å². The molecule has 0 fully saturated rings. The molecule has 6 heteroatoms. The highest BCUT2D eigenvalue weighted by molar-refractivity contribution is 6.30. The zero-order chi connectivity index (χ0) is 21.3. The number of aliphatic imine (C=N–C) groups is 1. The van der Waals surface area contributed by atoms with Crippen molar-refractivity contribution in [3.05, 3.63) is 77.0 Å². The van der Waals surface area contributed by atoms with Crippen molar-refractivity contribution >= 4 is 29.4 Å². The number of benzene rings is 2. The van der Waals surface area contributed by atoms with Gasteiger partial charge < -0.3 is 5.11 Å². The Hall–Kier alpha value is -3.18. The first-order chi connectivity index (χ1) is 14.3. The molecule has 0 saturated heterocycles. The van der Waals surface area contributed by atoms with Gasteiger partial charge >= 0.3 is 0 Å². The van der Waals surface area contributed by atoms with E-state index in [2.05, 4.69) is 4.99 Å². The average molecular weight is 420 g/mol. The number of allylic oxidation sites excluding steroid dienone is 2. The maximum absolute atomic E-state index is 12.5. The van der Waals surface area contributed by atoms with Crippen LogP contribution in [0.3, 0.4) is 0 Å². The van der Waals surface area contributed by atoms with Crippen LogP contribution in [0.4, 0.5) is 5.82 Å². The van der Waals surface area contributed by atoms with Crippen LogP contribution in [0.15, 0.2) is 77.0 Å². The summed E-state index contributed by atoms with van der Waals surface area (Å²) in [4.78, 5) is 17.0. The number of aliphatic hydroxyl groups excluding tert-OH is 1. The number of para-hydroxylation sites is 1. The Bertz CT molecular complexity index is 1140. The number of aromatic nitrogens is 2. The molecular formula is C24H22ClN3O2. The third kappa shape index (κ3) is 4.21. The molecule has 1 aromatic heterocycles. The van der Waals surface area contributed by atoms with Crippen molar-refractivity contribution in [3.8, 4) is 16.9 Å². The lowest BCUT2D eigenvalue weighted by Crippen LogP contribution is -2.26. The molecule has 1 aliphatic rings. The van der Waals surface area contributed by atoms with Gasteiger partial charge in [0, 0.05) is 35.7 Å². The number of aliphatic hydroxyl groups is 1. The number of halogens is 1. The average Bonchev–Trinajstić information content (AvgIpc) is 3.12. The van der Waals surface area contributed by atoms with E-state index in [1.165, 1.54) is 6.21 Å². The summed E-state index contributed by atoms with van der Waals surface area (Å²) in [7, 11) is 0. The normalized spacial score (nSPS) is 16.4. The minimum Gasteiger partial charge on any atom is -0.511 e. The minimum atomic E-state index is -0.244. The fourth-order valence-electron chi connectivity index (χ4n) is 3.56. The SMILES string of the molecule is CC1(C)CC(=O)C(C=Nc2cc(-c3ccc(Cl)cc3)nn2-c2ccccc2)=C(O)C1. The third-order valence-electron chi connectivity index (χ3n) is 5.05. The monoisotopic (exact) mass is 419 g/mol. The predicted octanol–water partition coefficient (Wildman–Crippen LogP) is 6.10. The molecule has 0 saturated carbocycles. The Morgan fingerprint density at radius 1 is 1.10 bits per heavy atom. The van der Waals surface area contributed by atoms with Gasteiger partial charge in [0.2, 0.25) is 0 Å². The first-order valence-corrected chi connectivity index (χ1v) is 10.1. The second-order valence-electron chi connectivity index (χ2n) is 8.20. The summed E-state index contributed by atoms with van der Waals surface area (Å²) >= 11 is 6.00. The summed E-state index contributed by atoms with van der Waals surface area (Å²) in [5, 5.41) is 15.7. The summed E-state index contributed by atoms with van der Waals surface area (Å²) in [6, 6.07) is 18.9. The molecule has 1 heterocycles. The molecule has 1 N–H and O–H groups in total. The van der Waals surface area contributed by atoms with Gasteiger partial charge in [-0.15, -0.1) is 0 Å². The van der Waals surface area contributed by atoms with Gasteiger partial charge in [0.05, 0.1) is 17.0 Å². The van der Waals surface area contributed by atoms with Crippen LogP contribution >= 0.6 is 11.6 Å². The van der Waals surface area contributed by atoms with E-state index in [1.54, 1.807) is 4.68 Å². The van der Waals surface area contributed by atoms with Crippen molar-refractivity contribution in [2.24, 2.45) is 10.4 Å². The molecule has 0 bridgehead atoms. The second-order valence-corrected chi connectivity index (χ2v) is 8.64. The molecular weight excluding hydrogens is 398 g/mol.